The van der Waals surface area contributed by atoms with Crippen LogP contribution >= 0.6 is 0 Å². The van der Waals surface area contributed by atoms with Crippen LogP contribution in [0.5, 0.6) is 0 Å². The van der Waals surface area contributed by atoms with E-state index in [1.807, 2.05) is 42.7 Å². The fourth-order valence-corrected chi connectivity index (χ4v) is 5.17. The zero-order chi connectivity index (χ0) is 25.4. The zero-order valence-electron chi connectivity index (χ0n) is 21.4. The number of amides is 1. The quantitative estimate of drug-likeness (QED) is 0.452. The van der Waals surface area contributed by atoms with Gasteiger partial charge < -0.3 is 19.6 Å². The normalized spacial score (nSPS) is 16.5. The van der Waals surface area contributed by atoms with Crippen molar-refractivity contribution in [2.75, 3.05) is 68.1 Å². The monoisotopic (exact) mass is 496 g/mol. The van der Waals surface area contributed by atoms with Gasteiger partial charge in [-0.05, 0) is 55.8 Å². The molecule has 0 spiro atoms. The summed E-state index contributed by atoms with van der Waals surface area (Å²) in [6.45, 7) is 6.14. The molecule has 0 aliphatic carbocycles. The first kappa shape index (κ1) is 23.4. The average Bonchev–Trinajstić information content (AvgIpc) is 3.63. The molecule has 0 saturated carbocycles. The number of H-pyrrole nitrogens is 1. The number of rotatable bonds is 5. The maximum absolute atomic E-state index is 13.5. The van der Waals surface area contributed by atoms with Crippen LogP contribution in [-0.2, 0) is 0 Å². The first-order valence-electron chi connectivity index (χ1n) is 12.9. The number of nitrogens with zero attached hydrogens (tertiary/aromatic N) is 7. The minimum absolute atomic E-state index is 0.177. The first-order valence-corrected chi connectivity index (χ1v) is 12.9. The largest absolute Gasteiger partial charge is 0.368 e. The van der Waals surface area contributed by atoms with Crippen LogP contribution in [0.2, 0.25) is 0 Å². The Morgan fingerprint density at radius 2 is 1.70 bits per heavy atom. The van der Waals surface area contributed by atoms with E-state index in [9.17, 15) is 4.79 Å². The second kappa shape index (κ2) is 9.82. The lowest BCUT2D eigenvalue weighted by molar-refractivity contribution is 0.0989. The number of carbonyl (C=O) groups is 1. The summed E-state index contributed by atoms with van der Waals surface area (Å²) in [6.07, 6.45) is 7.97. The van der Waals surface area contributed by atoms with Crippen molar-refractivity contribution in [3.63, 3.8) is 0 Å². The molecule has 9 heteroatoms. The fraction of sp³-hybridized carbons (Fsp3) is 0.357. The Morgan fingerprint density at radius 1 is 0.892 bits per heavy atom. The highest BCUT2D eigenvalue weighted by molar-refractivity contribution is 6.12. The van der Waals surface area contributed by atoms with E-state index in [0.717, 1.165) is 78.5 Å². The number of hydrogen-bond acceptors (Lipinski definition) is 7. The summed E-state index contributed by atoms with van der Waals surface area (Å²) in [5.74, 6) is 0.785. The lowest BCUT2D eigenvalue weighted by Gasteiger charge is -2.34. The van der Waals surface area contributed by atoms with Gasteiger partial charge >= 0.3 is 0 Å². The van der Waals surface area contributed by atoms with Crippen LogP contribution in [0.3, 0.4) is 0 Å². The van der Waals surface area contributed by atoms with E-state index in [0.29, 0.717) is 5.69 Å². The molecule has 0 atom stereocenters. The maximum atomic E-state index is 13.5. The highest BCUT2D eigenvalue weighted by Crippen LogP contribution is 2.29. The molecule has 2 aliphatic heterocycles. The number of fused-ring (bicyclic) bond motifs is 1. The van der Waals surface area contributed by atoms with E-state index in [-0.39, 0.29) is 5.91 Å². The SMILES string of the molecule is CN1CCN(c2cncc(-c3ccc4[nH]nc(C(=O)N(C)c5ccc(N6CCCC6)nc5)c4c3)c2)CC1. The van der Waals surface area contributed by atoms with Crippen LogP contribution in [-0.4, -0.2) is 84.3 Å². The van der Waals surface area contributed by atoms with Gasteiger partial charge in [0.25, 0.3) is 5.91 Å². The molecule has 2 aliphatic rings. The number of aromatic nitrogens is 4. The summed E-state index contributed by atoms with van der Waals surface area (Å²) < 4.78 is 0. The Hall–Kier alpha value is -3.98. The number of nitrogens with one attached hydrogen (secondary N) is 1. The van der Waals surface area contributed by atoms with Gasteiger partial charge in [0.1, 0.15) is 5.82 Å². The van der Waals surface area contributed by atoms with Gasteiger partial charge in [0.2, 0.25) is 0 Å². The average molecular weight is 497 g/mol. The summed E-state index contributed by atoms with van der Waals surface area (Å²) in [7, 11) is 3.92. The van der Waals surface area contributed by atoms with E-state index < -0.39 is 0 Å². The molecule has 1 N–H and O–H groups in total. The number of aromatic amines is 1. The first-order chi connectivity index (χ1) is 18.1. The third kappa shape index (κ3) is 4.62. The lowest BCUT2D eigenvalue weighted by Crippen LogP contribution is -2.44. The Labute approximate surface area is 216 Å². The minimum Gasteiger partial charge on any atom is -0.368 e. The van der Waals surface area contributed by atoms with E-state index in [1.165, 1.54) is 12.8 Å². The summed E-state index contributed by atoms with van der Waals surface area (Å²) in [5.41, 5.74) is 5.11. The predicted molar refractivity (Wildman–Crippen MR) is 147 cm³/mol. The molecule has 1 aromatic carbocycles. The molecule has 37 heavy (non-hydrogen) atoms. The number of likely N-dealkylation sites (N-methyl/N-ethyl adjacent to an activating group) is 1. The van der Waals surface area contributed by atoms with Gasteiger partial charge in [-0.15, -0.1) is 0 Å². The van der Waals surface area contributed by atoms with Crippen molar-refractivity contribution < 1.29 is 4.79 Å². The van der Waals surface area contributed by atoms with Crippen LogP contribution in [0.4, 0.5) is 17.2 Å². The molecule has 6 rings (SSSR count). The number of pyridine rings is 2. The van der Waals surface area contributed by atoms with Crippen LogP contribution in [0.25, 0.3) is 22.0 Å². The molecular formula is C28H32N8O. The molecule has 190 valence electrons. The van der Waals surface area contributed by atoms with Gasteiger partial charge in [0, 0.05) is 63.5 Å². The van der Waals surface area contributed by atoms with Gasteiger partial charge in [0.05, 0.1) is 29.3 Å². The molecule has 9 nitrogen and oxygen atoms in total. The van der Waals surface area contributed by atoms with Crippen molar-refractivity contribution in [2.24, 2.45) is 0 Å². The molecule has 1 amide bonds. The molecule has 2 fully saturated rings. The zero-order valence-corrected chi connectivity index (χ0v) is 21.4. The van der Waals surface area contributed by atoms with Crippen molar-refractivity contribution in [1.29, 1.82) is 0 Å². The highest BCUT2D eigenvalue weighted by Gasteiger charge is 2.21. The molecule has 2 saturated heterocycles. The number of carbonyl (C=O) groups excluding carboxylic acids is 1. The van der Waals surface area contributed by atoms with Crippen LogP contribution in [0, 0.1) is 0 Å². The number of anilines is 3. The number of hydrogen-bond donors (Lipinski definition) is 1. The van der Waals surface area contributed by atoms with Crippen molar-refractivity contribution in [2.45, 2.75) is 12.8 Å². The Bertz CT molecular complexity index is 1400. The van der Waals surface area contributed by atoms with Crippen LogP contribution in [0.15, 0.2) is 55.0 Å². The Kier molecular flexibility index (Phi) is 6.21. The molecule has 3 aromatic heterocycles. The topological polar surface area (TPSA) is 84.5 Å². The molecule has 0 radical (unpaired) electrons. The smallest absolute Gasteiger partial charge is 0.279 e. The van der Waals surface area contributed by atoms with Crippen molar-refractivity contribution >= 4 is 34.0 Å². The van der Waals surface area contributed by atoms with E-state index in [4.69, 9.17) is 0 Å². The molecule has 5 heterocycles. The Morgan fingerprint density at radius 3 is 2.46 bits per heavy atom. The van der Waals surface area contributed by atoms with Crippen LogP contribution in [0.1, 0.15) is 23.3 Å². The van der Waals surface area contributed by atoms with Gasteiger partial charge in [-0.3, -0.25) is 14.9 Å². The summed E-state index contributed by atoms with van der Waals surface area (Å²) in [5, 5.41) is 8.19. The van der Waals surface area contributed by atoms with Crippen molar-refractivity contribution in [1.82, 2.24) is 25.1 Å². The van der Waals surface area contributed by atoms with Gasteiger partial charge in [-0.2, -0.15) is 5.10 Å². The maximum Gasteiger partial charge on any atom is 0.279 e. The number of benzene rings is 1. The lowest BCUT2D eigenvalue weighted by atomic mass is 10.0. The third-order valence-corrected chi connectivity index (χ3v) is 7.55. The van der Waals surface area contributed by atoms with E-state index >= 15 is 0 Å². The Balaban J connectivity index is 1.25. The molecule has 4 aromatic rings. The third-order valence-electron chi connectivity index (χ3n) is 7.55. The molecule has 0 unspecified atom stereocenters. The molecular weight excluding hydrogens is 464 g/mol. The molecule has 0 bridgehead atoms. The van der Waals surface area contributed by atoms with Gasteiger partial charge in [-0.25, -0.2) is 4.98 Å². The van der Waals surface area contributed by atoms with E-state index in [2.05, 4.69) is 48.0 Å². The fourth-order valence-electron chi connectivity index (χ4n) is 5.17. The van der Waals surface area contributed by atoms with Crippen LogP contribution < -0.4 is 14.7 Å². The summed E-state index contributed by atoms with van der Waals surface area (Å²) in [4.78, 5) is 31.2. The second-order valence-electron chi connectivity index (χ2n) is 9.99. The van der Waals surface area contributed by atoms with Crippen molar-refractivity contribution in [3.8, 4) is 11.1 Å². The minimum atomic E-state index is -0.177. The van der Waals surface area contributed by atoms with Gasteiger partial charge in [0.15, 0.2) is 5.69 Å². The second-order valence-corrected chi connectivity index (χ2v) is 9.99. The van der Waals surface area contributed by atoms with E-state index in [1.54, 1.807) is 18.1 Å². The number of piperazine rings is 1. The standard InChI is InChI=1S/C28H32N8O/c1-33-11-13-35(14-12-33)23-15-21(17-29-18-23)20-5-7-25-24(16-20)27(32-31-25)28(37)34(2)22-6-8-26(30-19-22)36-9-3-4-10-36/h5-8,15-19H,3-4,9-14H2,1-2H3,(H,31,32). The highest BCUT2D eigenvalue weighted by atomic mass is 16.2. The summed E-state index contributed by atoms with van der Waals surface area (Å²) in [6, 6.07) is 12.2. The summed E-state index contributed by atoms with van der Waals surface area (Å²) >= 11 is 0. The predicted octanol–water partition coefficient (Wildman–Crippen LogP) is 3.65. The van der Waals surface area contributed by atoms with Crippen molar-refractivity contribution in [3.05, 3.63) is 60.7 Å². The van der Waals surface area contributed by atoms with Gasteiger partial charge in [-0.1, -0.05) is 6.07 Å².